The lowest BCUT2D eigenvalue weighted by atomic mass is 10.1. The smallest absolute Gasteiger partial charge is 0.313 e. The van der Waals surface area contributed by atoms with E-state index in [0.29, 0.717) is 35.4 Å². The van der Waals surface area contributed by atoms with Gasteiger partial charge in [0.05, 0.1) is 19.8 Å². The number of esters is 1. The molecule has 0 radical (unpaired) electrons. The number of benzene rings is 1. The van der Waals surface area contributed by atoms with Crippen molar-refractivity contribution in [2.24, 2.45) is 0 Å². The highest BCUT2D eigenvalue weighted by Gasteiger charge is 2.27. The van der Waals surface area contributed by atoms with Gasteiger partial charge >= 0.3 is 5.97 Å². The van der Waals surface area contributed by atoms with Gasteiger partial charge in [-0.2, -0.15) is 0 Å². The van der Waals surface area contributed by atoms with Crippen LogP contribution in [-0.2, 0) is 19.0 Å². The van der Waals surface area contributed by atoms with Gasteiger partial charge in [-0.1, -0.05) is 11.6 Å². The van der Waals surface area contributed by atoms with Crippen LogP contribution < -0.4 is 0 Å². The minimum absolute atomic E-state index is 0.250. The Morgan fingerprint density at radius 3 is 2.54 bits per heavy atom. The number of halogens is 1. The first-order valence-corrected chi connectivity index (χ1v) is 8.66. The van der Waals surface area contributed by atoms with Crippen LogP contribution in [0.15, 0.2) is 24.3 Å². The van der Waals surface area contributed by atoms with Crippen molar-refractivity contribution in [3.05, 3.63) is 46.5 Å². The van der Waals surface area contributed by atoms with Crippen LogP contribution in [0.5, 0.6) is 0 Å². The van der Waals surface area contributed by atoms with Crippen molar-refractivity contribution in [2.75, 3.05) is 19.8 Å². The summed E-state index contributed by atoms with van der Waals surface area (Å²) in [6.45, 7) is 4.78. The zero-order valence-electron chi connectivity index (χ0n) is 14.5. The highest BCUT2D eigenvalue weighted by atomic mass is 35.5. The summed E-state index contributed by atoms with van der Waals surface area (Å²) in [6.07, 6.45) is -0.841. The first-order chi connectivity index (χ1) is 12.5. The van der Waals surface area contributed by atoms with E-state index >= 15 is 0 Å². The van der Waals surface area contributed by atoms with Gasteiger partial charge in [0, 0.05) is 11.3 Å². The van der Waals surface area contributed by atoms with Gasteiger partial charge in [0.2, 0.25) is 6.29 Å². The lowest BCUT2D eigenvalue weighted by Gasteiger charge is -2.09. The second-order valence-corrected chi connectivity index (χ2v) is 6.05. The molecule has 8 heteroatoms. The molecule has 0 atom stereocenters. The number of nitrogens with zero attached hydrogens (tertiary/aromatic N) is 2. The second kappa shape index (κ2) is 7.99. The predicted molar refractivity (Wildman–Crippen MR) is 93.5 cm³/mol. The number of aryl methyl sites for hydroxylation is 1. The Morgan fingerprint density at radius 2 is 1.92 bits per heavy atom. The fourth-order valence-corrected chi connectivity index (χ4v) is 3.09. The van der Waals surface area contributed by atoms with E-state index in [4.69, 9.17) is 25.8 Å². The zero-order chi connectivity index (χ0) is 18.7. The lowest BCUT2D eigenvalue weighted by molar-refractivity contribution is -0.141. The minimum Gasteiger partial charge on any atom is -0.466 e. The van der Waals surface area contributed by atoms with Crippen LogP contribution in [0.4, 0.5) is 0 Å². The third kappa shape index (κ3) is 3.80. The number of ether oxygens (including phenoxy) is 3. The van der Waals surface area contributed by atoms with Crippen LogP contribution in [-0.4, -0.2) is 41.1 Å². The van der Waals surface area contributed by atoms with Crippen molar-refractivity contribution in [1.29, 1.82) is 0 Å². The van der Waals surface area contributed by atoms with Gasteiger partial charge in [0.1, 0.15) is 23.1 Å². The van der Waals surface area contributed by atoms with Crippen LogP contribution in [0.1, 0.15) is 41.5 Å². The third-order valence-electron chi connectivity index (χ3n) is 3.92. The summed E-state index contributed by atoms with van der Waals surface area (Å²) in [5, 5.41) is 0.403. The molecule has 0 saturated carbocycles. The molecule has 26 heavy (non-hydrogen) atoms. The molecule has 3 rings (SSSR count). The summed E-state index contributed by atoms with van der Waals surface area (Å²) in [4.78, 5) is 28.0. The van der Waals surface area contributed by atoms with Gasteiger partial charge in [0.15, 0.2) is 5.78 Å². The molecule has 2 aromatic rings. The molecule has 2 heterocycles. The fourth-order valence-electron chi connectivity index (χ4n) is 2.74. The Bertz CT molecular complexity index is 810. The molecule has 1 aromatic heterocycles. The third-order valence-corrected chi connectivity index (χ3v) is 4.28. The highest BCUT2D eigenvalue weighted by Crippen LogP contribution is 2.31. The number of Topliss-reactive ketones (excluding diaryl/α,β-unsaturated/α-hetero) is 1. The lowest BCUT2D eigenvalue weighted by Crippen LogP contribution is -2.11. The van der Waals surface area contributed by atoms with E-state index in [2.05, 4.69) is 4.98 Å². The summed E-state index contributed by atoms with van der Waals surface area (Å²) < 4.78 is 17.5. The molecule has 0 unspecified atom stereocenters. The van der Waals surface area contributed by atoms with Crippen molar-refractivity contribution in [3.63, 3.8) is 0 Å². The van der Waals surface area contributed by atoms with Crippen LogP contribution in [0.25, 0.3) is 5.69 Å². The van der Waals surface area contributed by atoms with Crippen LogP contribution >= 0.6 is 11.6 Å². The van der Waals surface area contributed by atoms with Crippen molar-refractivity contribution in [3.8, 4) is 5.69 Å². The normalized spacial score (nSPS) is 14.6. The number of hydrogen-bond donors (Lipinski definition) is 0. The monoisotopic (exact) mass is 378 g/mol. The quantitative estimate of drug-likeness (QED) is 0.436. The number of rotatable bonds is 6. The number of ketones is 1. The second-order valence-electron chi connectivity index (χ2n) is 5.70. The zero-order valence-corrected chi connectivity index (χ0v) is 15.3. The van der Waals surface area contributed by atoms with E-state index in [-0.39, 0.29) is 18.8 Å². The van der Waals surface area contributed by atoms with E-state index < -0.39 is 12.3 Å². The average molecular weight is 379 g/mol. The summed E-state index contributed by atoms with van der Waals surface area (Å²) in [7, 11) is 0. The van der Waals surface area contributed by atoms with Gasteiger partial charge < -0.3 is 14.2 Å². The maximum absolute atomic E-state index is 12.1. The topological polar surface area (TPSA) is 79.7 Å². The molecule has 1 saturated heterocycles. The summed E-state index contributed by atoms with van der Waals surface area (Å²) in [5.74, 6) is -0.150. The molecule has 138 valence electrons. The first-order valence-electron chi connectivity index (χ1n) is 8.28. The number of imidazole rings is 1. The van der Waals surface area contributed by atoms with Crippen LogP contribution in [0.3, 0.4) is 0 Å². The molecule has 1 fully saturated rings. The van der Waals surface area contributed by atoms with E-state index in [0.717, 1.165) is 5.69 Å². The van der Waals surface area contributed by atoms with E-state index in [1.807, 2.05) is 6.92 Å². The molecule has 0 amide bonds. The largest absolute Gasteiger partial charge is 0.466 e. The SMILES string of the molecule is CCOC(=O)CC(=O)c1ccc(-n2c(C)nc(C3OCCO3)c2Cl)cc1. The fraction of sp³-hybridized carbons (Fsp3) is 0.389. The van der Waals surface area contributed by atoms with Gasteiger partial charge in [-0.15, -0.1) is 0 Å². The Hall–Kier alpha value is -2.22. The molecule has 7 nitrogen and oxygen atoms in total. The summed E-state index contributed by atoms with van der Waals surface area (Å²) >= 11 is 6.46. The number of aromatic nitrogens is 2. The maximum Gasteiger partial charge on any atom is 0.313 e. The molecule has 1 aromatic carbocycles. The van der Waals surface area contributed by atoms with Crippen LogP contribution in [0, 0.1) is 6.92 Å². The molecule has 1 aliphatic rings. The minimum atomic E-state index is -0.562. The van der Waals surface area contributed by atoms with E-state index in [9.17, 15) is 9.59 Å². The summed E-state index contributed by atoms with van der Waals surface area (Å²) in [5.41, 5.74) is 1.71. The molecule has 0 spiro atoms. The van der Waals surface area contributed by atoms with Crippen molar-refractivity contribution >= 4 is 23.4 Å². The Labute approximate surface area is 155 Å². The number of carbonyl (C=O) groups is 2. The van der Waals surface area contributed by atoms with E-state index in [1.165, 1.54) is 0 Å². The van der Waals surface area contributed by atoms with Gasteiger partial charge in [0.25, 0.3) is 0 Å². The highest BCUT2D eigenvalue weighted by molar-refractivity contribution is 6.30. The molecule has 1 aliphatic heterocycles. The first kappa shape index (κ1) is 18.6. The van der Waals surface area contributed by atoms with Gasteiger partial charge in [-0.3, -0.25) is 14.2 Å². The Kier molecular flexibility index (Phi) is 5.70. The number of carbonyl (C=O) groups excluding carboxylic acids is 2. The average Bonchev–Trinajstić information content (AvgIpc) is 3.23. The van der Waals surface area contributed by atoms with Crippen LogP contribution in [0.2, 0.25) is 5.15 Å². The van der Waals surface area contributed by atoms with Crippen molar-refractivity contribution < 1.29 is 23.8 Å². The molecule has 0 N–H and O–H groups in total. The maximum atomic E-state index is 12.1. The molecule has 0 aliphatic carbocycles. The summed E-state index contributed by atoms with van der Waals surface area (Å²) in [6, 6.07) is 6.79. The predicted octanol–water partition coefficient (Wildman–Crippen LogP) is 3.02. The standard InChI is InChI=1S/C18H19ClN2O5/c1-3-24-15(23)10-14(22)12-4-6-13(7-5-12)21-11(2)20-16(17(21)19)18-25-8-9-26-18/h4-7,18H,3,8-10H2,1-2H3. The molecular formula is C18H19ClN2O5. The Morgan fingerprint density at radius 1 is 1.27 bits per heavy atom. The van der Waals surface area contributed by atoms with Crippen molar-refractivity contribution in [2.45, 2.75) is 26.6 Å². The molecule has 0 bridgehead atoms. The van der Waals surface area contributed by atoms with Crippen molar-refractivity contribution in [1.82, 2.24) is 9.55 Å². The van der Waals surface area contributed by atoms with Gasteiger partial charge in [-0.25, -0.2) is 4.98 Å². The van der Waals surface area contributed by atoms with E-state index in [1.54, 1.807) is 35.8 Å². The number of hydrogen-bond acceptors (Lipinski definition) is 6. The Balaban J connectivity index is 1.80. The van der Waals surface area contributed by atoms with Gasteiger partial charge in [-0.05, 0) is 38.1 Å². The molecular weight excluding hydrogens is 360 g/mol.